The van der Waals surface area contributed by atoms with Crippen LogP contribution >= 0.6 is 0 Å². The van der Waals surface area contributed by atoms with Crippen molar-refractivity contribution < 1.29 is 25.8 Å². The molecule has 4 aromatic carbocycles. The Morgan fingerprint density at radius 1 is 0.754 bits per heavy atom. The largest absolute Gasteiger partial charge is 2.00 e. The summed E-state index contributed by atoms with van der Waals surface area (Å²) in [7, 11) is 0. The smallest absolute Gasteiger partial charge is 0.518 e. The molecule has 2 aromatic heterocycles. The second-order valence-electron chi connectivity index (χ2n) is 19.7. The Balaban J connectivity index is 0.00000455. The molecule has 0 radical (unpaired) electrons. The van der Waals surface area contributed by atoms with Gasteiger partial charge >= 0.3 is 21.1 Å². The molecular weight excluding hydrogens is 880 g/mol. The molecule has 0 amide bonds. The average Bonchev–Trinajstić information content (AvgIpc) is 3.90. The predicted octanol–water partition coefficient (Wildman–Crippen LogP) is 12.8. The molecule has 57 heavy (non-hydrogen) atoms. The average molecular weight is 936 g/mol. The molecule has 1 atom stereocenters. The first kappa shape index (κ1) is 39.6. The number of hydrogen-bond acceptors (Lipinski definition) is 4. The molecule has 296 valence electrons. The third kappa shape index (κ3) is 6.57. The number of aryl methyl sites for hydroxylation is 2. The number of rotatable bonds is 4. The molecule has 9 rings (SSSR count). The fourth-order valence-electron chi connectivity index (χ4n) is 9.48. The van der Waals surface area contributed by atoms with E-state index in [1.807, 2.05) is 6.20 Å². The van der Waals surface area contributed by atoms with Crippen LogP contribution in [0.3, 0.4) is 0 Å². The van der Waals surface area contributed by atoms with Gasteiger partial charge in [-0.25, -0.2) is 4.98 Å². The fourth-order valence-corrected chi connectivity index (χ4v) is 9.48. The van der Waals surface area contributed by atoms with Gasteiger partial charge < -0.3 is 14.2 Å². The number of pyridine rings is 1. The molecule has 4 heterocycles. The summed E-state index contributed by atoms with van der Waals surface area (Å²) in [4.78, 5) is 12.8. The number of nitrogens with zero attached hydrogens (tertiary/aromatic N) is 4. The Kier molecular flexibility index (Phi) is 9.51. The van der Waals surface area contributed by atoms with Crippen molar-refractivity contribution >= 4 is 44.8 Å². The zero-order valence-corrected chi connectivity index (χ0v) is 37.8. The predicted molar refractivity (Wildman–Crippen MR) is 233 cm³/mol. The molecule has 0 saturated heterocycles. The van der Waals surface area contributed by atoms with E-state index in [2.05, 4.69) is 164 Å². The van der Waals surface area contributed by atoms with E-state index in [4.69, 9.17) is 14.7 Å². The van der Waals surface area contributed by atoms with Crippen LogP contribution in [0.15, 0.2) is 77.9 Å². The van der Waals surface area contributed by atoms with Gasteiger partial charge in [0.1, 0.15) is 18.3 Å². The fraction of sp³-hybridized carbons (Fsp3) is 0.412. The van der Waals surface area contributed by atoms with Gasteiger partial charge in [-0.05, 0) is 102 Å². The van der Waals surface area contributed by atoms with Gasteiger partial charge in [-0.2, -0.15) is 6.07 Å². The first-order chi connectivity index (χ1) is 26.4. The third-order valence-electron chi connectivity index (χ3n) is 13.0. The van der Waals surface area contributed by atoms with Crippen molar-refractivity contribution in [1.29, 1.82) is 0 Å². The van der Waals surface area contributed by atoms with Crippen molar-refractivity contribution in [2.75, 3.05) is 11.5 Å². The van der Waals surface area contributed by atoms with Crippen LogP contribution in [-0.2, 0) is 42.0 Å². The molecule has 5 nitrogen and oxygen atoms in total. The maximum atomic E-state index is 6.55. The summed E-state index contributed by atoms with van der Waals surface area (Å²) in [5, 5.41) is 2.40. The van der Waals surface area contributed by atoms with E-state index < -0.39 is 0 Å². The van der Waals surface area contributed by atoms with Crippen LogP contribution in [0.2, 0.25) is 0 Å². The molecule has 0 bridgehead atoms. The van der Waals surface area contributed by atoms with Crippen LogP contribution in [0.1, 0.15) is 127 Å². The number of ether oxygens (including phenoxy) is 1. The summed E-state index contributed by atoms with van der Waals surface area (Å²) in [5.41, 5.74) is 13.0. The quantitative estimate of drug-likeness (QED) is 0.165. The van der Waals surface area contributed by atoms with Gasteiger partial charge in [-0.15, -0.1) is 40.8 Å². The number of hydrogen-bond donors (Lipinski definition) is 0. The number of anilines is 3. The topological polar surface area (TPSA) is 42.7 Å². The number of aromatic nitrogens is 2. The van der Waals surface area contributed by atoms with Crippen LogP contribution in [0, 0.1) is 31.9 Å². The normalized spacial score (nSPS) is 19.4. The standard InChI is InChI=1S/C51H56N4O.Pt/c1-31-16-18-42-38(22-31)39-28-41-45(29-44(39)55(42)46-27-35(20-21-52-46)48(3,4)5)54(43-19-17-32(2)23-40(43)50(41,9)10)37-25-33(24-36(26-37)49(6,7)8)47-53-51(11,30-56-47)34-14-12-13-15-34;/h16-24,26-28,34H,12-15,30H2,1-11H3;/q-2;+2/t51-;/m0./s1. The molecule has 2 aliphatic heterocycles. The van der Waals surface area contributed by atoms with Crippen LogP contribution in [0.5, 0.6) is 0 Å². The van der Waals surface area contributed by atoms with E-state index in [0.29, 0.717) is 18.4 Å². The van der Waals surface area contributed by atoms with Crippen molar-refractivity contribution in [3.8, 4) is 5.82 Å². The SMILES string of the molecule is Cc1ccc2c(c1)C(C)(C)c1cc3c4cc(C)ccc4n(-c4cc(C(C)(C)C)ccn4)c3[c-]c1N2c1[c-]c(C2=N[C@](C)(C3CCCC3)CO2)cc(C(C)(C)C)c1.[Pt+2]. The van der Waals surface area contributed by atoms with Crippen molar-refractivity contribution in [3.63, 3.8) is 0 Å². The summed E-state index contributed by atoms with van der Waals surface area (Å²) < 4.78 is 8.87. The molecule has 0 spiro atoms. The Morgan fingerprint density at radius 3 is 2.18 bits per heavy atom. The molecule has 1 aliphatic carbocycles. The summed E-state index contributed by atoms with van der Waals surface area (Å²) >= 11 is 0. The van der Waals surface area contributed by atoms with E-state index in [9.17, 15) is 0 Å². The van der Waals surface area contributed by atoms with Crippen molar-refractivity contribution in [2.45, 2.75) is 124 Å². The van der Waals surface area contributed by atoms with Gasteiger partial charge in [0.2, 0.25) is 0 Å². The van der Waals surface area contributed by atoms with Crippen molar-refractivity contribution in [2.24, 2.45) is 10.9 Å². The van der Waals surface area contributed by atoms with Gasteiger partial charge in [0.05, 0.1) is 5.54 Å². The molecular formula is C51H56N4OPt. The summed E-state index contributed by atoms with van der Waals surface area (Å²) in [5.74, 6) is 2.18. The van der Waals surface area contributed by atoms with Gasteiger partial charge in [-0.3, -0.25) is 4.99 Å². The van der Waals surface area contributed by atoms with Gasteiger partial charge in [0.25, 0.3) is 0 Å². The molecule has 3 aliphatic rings. The third-order valence-corrected chi connectivity index (χ3v) is 13.0. The summed E-state index contributed by atoms with van der Waals surface area (Å²) in [6.07, 6.45) is 6.96. The van der Waals surface area contributed by atoms with E-state index in [0.717, 1.165) is 39.5 Å². The second-order valence-corrected chi connectivity index (χ2v) is 19.7. The van der Waals surface area contributed by atoms with E-state index in [1.165, 1.54) is 69.8 Å². The Labute approximate surface area is 354 Å². The minimum absolute atomic E-state index is 0. The molecule has 0 unspecified atom stereocenters. The Hall–Kier alpha value is -4.21. The molecule has 6 heteroatoms. The minimum Gasteiger partial charge on any atom is -0.518 e. The molecule has 1 saturated carbocycles. The summed E-state index contributed by atoms with van der Waals surface area (Å²) in [6, 6.07) is 33.1. The van der Waals surface area contributed by atoms with Gasteiger partial charge in [0, 0.05) is 17.4 Å². The Bertz CT molecular complexity index is 2590. The molecule has 6 aromatic rings. The van der Waals surface area contributed by atoms with Gasteiger partial charge in [-0.1, -0.05) is 120 Å². The van der Waals surface area contributed by atoms with Crippen LogP contribution in [-0.4, -0.2) is 27.6 Å². The van der Waals surface area contributed by atoms with E-state index in [-0.39, 0.29) is 42.8 Å². The zero-order valence-electron chi connectivity index (χ0n) is 35.6. The monoisotopic (exact) mass is 935 g/mol. The van der Waals surface area contributed by atoms with Crippen LogP contribution in [0.25, 0.3) is 27.6 Å². The Morgan fingerprint density at radius 2 is 1.46 bits per heavy atom. The van der Waals surface area contributed by atoms with Crippen LogP contribution in [0.4, 0.5) is 17.1 Å². The first-order valence-electron chi connectivity index (χ1n) is 20.6. The summed E-state index contributed by atoms with van der Waals surface area (Å²) in [6.45, 7) is 25.7. The maximum absolute atomic E-state index is 6.55. The first-order valence-corrected chi connectivity index (χ1v) is 20.6. The number of fused-ring (bicyclic) bond motifs is 5. The van der Waals surface area contributed by atoms with Crippen LogP contribution < -0.4 is 4.90 Å². The maximum Gasteiger partial charge on any atom is 2.00 e. The van der Waals surface area contributed by atoms with Crippen molar-refractivity contribution in [1.82, 2.24) is 9.55 Å². The van der Waals surface area contributed by atoms with Gasteiger partial charge in [0.15, 0.2) is 0 Å². The minimum atomic E-state index is -0.299. The zero-order chi connectivity index (χ0) is 39.5. The molecule has 0 N–H and O–H groups in total. The van der Waals surface area contributed by atoms with E-state index >= 15 is 0 Å². The number of benzene rings is 4. The number of aliphatic imine (C=N–C) groups is 1. The second kappa shape index (κ2) is 13.7. The molecule has 1 fully saturated rings. The van der Waals surface area contributed by atoms with Crippen molar-refractivity contribution in [3.05, 3.63) is 124 Å². The van der Waals surface area contributed by atoms with E-state index in [1.54, 1.807) is 0 Å².